The Balaban J connectivity index is 1.35. The van der Waals surface area contributed by atoms with Crippen molar-refractivity contribution in [2.24, 2.45) is 5.92 Å². The van der Waals surface area contributed by atoms with Crippen molar-refractivity contribution in [1.82, 2.24) is 10.2 Å². The minimum absolute atomic E-state index is 0.00728. The number of fused-ring (bicyclic) bond motifs is 1. The topological polar surface area (TPSA) is 102 Å². The normalized spacial score (nSPS) is 18.4. The molecule has 1 atom stereocenters. The Labute approximate surface area is 201 Å². The van der Waals surface area contributed by atoms with Crippen LogP contribution in [-0.2, 0) is 48.2 Å². The Morgan fingerprint density at radius 3 is 2.68 bits per heavy atom. The van der Waals surface area contributed by atoms with E-state index >= 15 is 0 Å². The van der Waals surface area contributed by atoms with Gasteiger partial charge in [-0.15, -0.1) is 0 Å². The number of hydrogen-bond donors (Lipinski definition) is 1. The van der Waals surface area contributed by atoms with Gasteiger partial charge in [-0.1, -0.05) is 32.0 Å². The van der Waals surface area contributed by atoms with E-state index in [4.69, 9.17) is 9.47 Å². The van der Waals surface area contributed by atoms with Crippen LogP contribution in [0.2, 0.25) is 0 Å². The van der Waals surface area contributed by atoms with Crippen LogP contribution < -0.4 is 5.32 Å². The van der Waals surface area contributed by atoms with Gasteiger partial charge in [0.25, 0.3) is 0 Å². The molecule has 0 saturated heterocycles. The standard InChI is InChI=1S/C26H36N2O6/c1-18(2)12-26(32)27-8-9-33-10-11-34-17-22(30)13-19-4-3-5-20-15-28(16-23(19)20)24-7-6-21(29)14-25(24)31/h3-5,18,24H,6-17H2,1-2H3,(H,27,32). The van der Waals surface area contributed by atoms with Crippen LogP contribution in [0, 0.1) is 5.92 Å². The lowest BCUT2D eigenvalue weighted by molar-refractivity contribution is -0.134. The van der Waals surface area contributed by atoms with Gasteiger partial charge in [0.05, 0.1) is 32.3 Å². The Morgan fingerprint density at radius 1 is 1.12 bits per heavy atom. The molecular weight excluding hydrogens is 436 g/mol. The minimum Gasteiger partial charge on any atom is -0.377 e. The predicted molar refractivity (Wildman–Crippen MR) is 126 cm³/mol. The smallest absolute Gasteiger partial charge is 0.220 e. The molecule has 0 aromatic heterocycles. The van der Waals surface area contributed by atoms with Crippen LogP contribution in [0.25, 0.3) is 0 Å². The van der Waals surface area contributed by atoms with Crippen LogP contribution >= 0.6 is 0 Å². The molecule has 1 aromatic rings. The fourth-order valence-electron chi connectivity index (χ4n) is 4.52. The largest absolute Gasteiger partial charge is 0.377 e. The number of hydrogen-bond acceptors (Lipinski definition) is 7. The first-order valence-electron chi connectivity index (χ1n) is 12.2. The number of benzene rings is 1. The van der Waals surface area contributed by atoms with Crippen molar-refractivity contribution in [1.29, 1.82) is 0 Å². The molecule has 1 N–H and O–H groups in total. The van der Waals surface area contributed by atoms with Gasteiger partial charge in [-0.2, -0.15) is 0 Å². The van der Waals surface area contributed by atoms with Gasteiger partial charge in [0.1, 0.15) is 12.4 Å². The number of ether oxygens (including phenoxy) is 2. The van der Waals surface area contributed by atoms with E-state index in [1.54, 1.807) is 0 Å². The number of amides is 1. The molecule has 1 aliphatic carbocycles. The maximum Gasteiger partial charge on any atom is 0.220 e. The van der Waals surface area contributed by atoms with Gasteiger partial charge in [0.15, 0.2) is 11.6 Å². The zero-order valence-electron chi connectivity index (χ0n) is 20.3. The highest BCUT2D eigenvalue weighted by Crippen LogP contribution is 2.31. The molecule has 0 spiro atoms. The highest BCUT2D eigenvalue weighted by atomic mass is 16.5. The van der Waals surface area contributed by atoms with E-state index in [9.17, 15) is 19.2 Å². The Kier molecular flexibility index (Phi) is 9.92. The third kappa shape index (κ3) is 7.82. The summed E-state index contributed by atoms with van der Waals surface area (Å²) in [5.41, 5.74) is 3.23. The lowest BCUT2D eigenvalue weighted by atomic mass is 9.92. The number of rotatable bonds is 13. The monoisotopic (exact) mass is 472 g/mol. The van der Waals surface area contributed by atoms with Gasteiger partial charge in [0.2, 0.25) is 5.91 Å². The highest BCUT2D eigenvalue weighted by Gasteiger charge is 2.35. The van der Waals surface area contributed by atoms with E-state index in [0.29, 0.717) is 64.6 Å². The van der Waals surface area contributed by atoms with Gasteiger partial charge in [-0.25, -0.2) is 0 Å². The number of carbonyl (C=O) groups excluding carboxylic acids is 4. The Hall–Kier alpha value is -2.42. The van der Waals surface area contributed by atoms with Crippen molar-refractivity contribution in [3.8, 4) is 0 Å². The van der Waals surface area contributed by atoms with E-state index < -0.39 is 0 Å². The third-order valence-electron chi connectivity index (χ3n) is 6.17. The summed E-state index contributed by atoms with van der Waals surface area (Å²) in [5, 5.41) is 2.80. The average Bonchev–Trinajstić information content (AvgIpc) is 3.20. The zero-order chi connectivity index (χ0) is 24.5. The molecule has 1 amide bonds. The second-order valence-corrected chi connectivity index (χ2v) is 9.52. The van der Waals surface area contributed by atoms with Crippen molar-refractivity contribution in [3.63, 3.8) is 0 Å². The lowest BCUT2D eigenvalue weighted by Gasteiger charge is -2.28. The third-order valence-corrected chi connectivity index (χ3v) is 6.17. The van der Waals surface area contributed by atoms with Gasteiger partial charge in [-0.3, -0.25) is 24.1 Å². The number of ketones is 3. The SMILES string of the molecule is CC(C)CC(=O)NCCOCCOCC(=O)Cc1cccc2c1CN(C1CCC(=O)CC1=O)C2. The molecule has 1 aliphatic heterocycles. The molecule has 2 aliphatic rings. The van der Waals surface area contributed by atoms with Crippen molar-refractivity contribution in [2.45, 2.75) is 65.1 Å². The summed E-state index contributed by atoms with van der Waals surface area (Å²) < 4.78 is 10.9. The molecule has 0 radical (unpaired) electrons. The fourth-order valence-corrected chi connectivity index (χ4v) is 4.52. The average molecular weight is 473 g/mol. The van der Waals surface area contributed by atoms with Crippen molar-refractivity contribution in [3.05, 3.63) is 34.9 Å². The molecule has 186 valence electrons. The molecular formula is C26H36N2O6. The molecule has 1 unspecified atom stereocenters. The maximum absolute atomic E-state index is 12.5. The molecule has 1 aromatic carbocycles. The van der Waals surface area contributed by atoms with Crippen molar-refractivity contribution < 1.29 is 28.7 Å². The van der Waals surface area contributed by atoms with Crippen LogP contribution in [0.15, 0.2) is 18.2 Å². The molecule has 1 fully saturated rings. The van der Waals surface area contributed by atoms with E-state index in [0.717, 1.165) is 16.7 Å². The molecule has 1 saturated carbocycles. The van der Waals surface area contributed by atoms with E-state index in [2.05, 4.69) is 10.2 Å². The van der Waals surface area contributed by atoms with Crippen LogP contribution in [0.5, 0.6) is 0 Å². The van der Waals surface area contributed by atoms with E-state index in [-0.39, 0.29) is 48.7 Å². The first-order chi connectivity index (χ1) is 16.3. The lowest BCUT2D eigenvalue weighted by Crippen LogP contribution is -2.41. The molecule has 8 nitrogen and oxygen atoms in total. The van der Waals surface area contributed by atoms with Gasteiger partial charge in [0, 0.05) is 38.9 Å². The van der Waals surface area contributed by atoms with Crippen LogP contribution in [0.4, 0.5) is 0 Å². The van der Waals surface area contributed by atoms with Crippen LogP contribution in [-0.4, -0.2) is 67.2 Å². The van der Waals surface area contributed by atoms with Gasteiger partial charge >= 0.3 is 0 Å². The minimum atomic E-state index is -0.208. The molecule has 3 rings (SSSR count). The molecule has 8 heteroatoms. The summed E-state index contributed by atoms with van der Waals surface area (Å²) in [4.78, 5) is 50.0. The first kappa shape index (κ1) is 26.2. The summed E-state index contributed by atoms with van der Waals surface area (Å²) in [6.45, 7) is 6.87. The van der Waals surface area contributed by atoms with Gasteiger partial charge in [-0.05, 0) is 29.0 Å². The number of carbonyl (C=O) groups is 4. The number of nitrogens with one attached hydrogen (secondary N) is 1. The molecule has 0 bridgehead atoms. The van der Waals surface area contributed by atoms with Crippen LogP contribution in [0.1, 0.15) is 56.2 Å². The highest BCUT2D eigenvalue weighted by molar-refractivity contribution is 6.03. The summed E-state index contributed by atoms with van der Waals surface area (Å²) in [5.74, 6) is 0.387. The Morgan fingerprint density at radius 2 is 1.91 bits per heavy atom. The number of nitrogens with zero attached hydrogens (tertiary/aromatic N) is 1. The van der Waals surface area contributed by atoms with E-state index in [1.807, 2.05) is 32.0 Å². The van der Waals surface area contributed by atoms with Crippen LogP contribution in [0.3, 0.4) is 0 Å². The van der Waals surface area contributed by atoms with Crippen molar-refractivity contribution >= 4 is 23.3 Å². The van der Waals surface area contributed by atoms with Gasteiger partial charge < -0.3 is 14.8 Å². The van der Waals surface area contributed by atoms with Crippen molar-refractivity contribution in [2.75, 3.05) is 33.0 Å². The quantitative estimate of drug-likeness (QED) is 0.346. The summed E-state index contributed by atoms with van der Waals surface area (Å²) in [7, 11) is 0. The Bertz CT molecular complexity index is 897. The second kappa shape index (κ2) is 12.9. The second-order valence-electron chi connectivity index (χ2n) is 9.52. The summed E-state index contributed by atoms with van der Waals surface area (Å²) >= 11 is 0. The fraction of sp³-hybridized carbons (Fsp3) is 0.615. The number of Topliss-reactive ketones (excluding diaryl/α,β-unsaturated/α-hetero) is 3. The zero-order valence-corrected chi connectivity index (χ0v) is 20.3. The molecule has 1 heterocycles. The molecule has 34 heavy (non-hydrogen) atoms. The summed E-state index contributed by atoms with van der Waals surface area (Å²) in [6, 6.07) is 5.75. The first-order valence-corrected chi connectivity index (χ1v) is 12.2. The predicted octanol–water partition coefficient (Wildman–Crippen LogP) is 2.00. The summed E-state index contributed by atoms with van der Waals surface area (Å²) in [6.07, 6.45) is 1.88. The maximum atomic E-state index is 12.5. The van der Waals surface area contributed by atoms with E-state index in [1.165, 1.54) is 0 Å².